The Bertz CT molecular complexity index is 456. The van der Waals surface area contributed by atoms with Gasteiger partial charge in [-0.2, -0.15) is 0 Å². The largest absolute Gasteiger partial charge is 0.493 e. The summed E-state index contributed by atoms with van der Waals surface area (Å²) in [4.78, 5) is 2.59. The van der Waals surface area contributed by atoms with Crippen molar-refractivity contribution in [3.63, 3.8) is 0 Å². The number of piperazine rings is 1. The Labute approximate surface area is 134 Å². The summed E-state index contributed by atoms with van der Waals surface area (Å²) >= 11 is 0. The molecule has 1 heterocycles. The zero-order chi connectivity index (χ0) is 15.9. The van der Waals surface area contributed by atoms with Crippen LogP contribution in [0.4, 0.5) is 0 Å². The molecule has 1 aliphatic rings. The predicted molar refractivity (Wildman–Crippen MR) is 90.8 cm³/mol. The van der Waals surface area contributed by atoms with E-state index in [4.69, 9.17) is 9.47 Å². The molecule has 0 aliphatic carbocycles. The van der Waals surface area contributed by atoms with E-state index in [2.05, 4.69) is 36.2 Å². The molecule has 0 amide bonds. The summed E-state index contributed by atoms with van der Waals surface area (Å²) in [6.07, 6.45) is 1.16. The highest BCUT2D eigenvalue weighted by molar-refractivity contribution is 5.44. The first-order valence-corrected chi connectivity index (χ1v) is 8.41. The van der Waals surface area contributed by atoms with Crippen molar-refractivity contribution in [2.24, 2.45) is 5.92 Å². The maximum Gasteiger partial charge on any atom is 0.161 e. The molecular weight excluding hydrogens is 276 g/mol. The van der Waals surface area contributed by atoms with Crippen LogP contribution >= 0.6 is 0 Å². The first kappa shape index (κ1) is 17.1. The quantitative estimate of drug-likeness (QED) is 0.839. The van der Waals surface area contributed by atoms with E-state index in [0.717, 1.165) is 44.1 Å². The van der Waals surface area contributed by atoms with E-state index < -0.39 is 0 Å². The molecule has 22 heavy (non-hydrogen) atoms. The SMILES string of the molecule is CCOc1cc([C@H](CC(C)C)N2CCNCC2)ccc1OC. The lowest BCUT2D eigenvalue weighted by atomic mass is 9.94. The zero-order valence-electron chi connectivity index (χ0n) is 14.4. The van der Waals surface area contributed by atoms with Crippen LogP contribution in [0.3, 0.4) is 0 Å². The van der Waals surface area contributed by atoms with Crippen LogP contribution in [0.15, 0.2) is 18.2 Å². The smallest absolute Gasteiger partial charge is 0.161 e. The fraction of sp³-hybridized carbons (Fsp3) is 0.667. The number of ether oxygens (including phenoxy) is 2. The minimum atomic E-state index is 0.451. The number of rotatable bonds is 7. The molecule has 0 unspecified atom stereocenters. The van der Waals surface area contributed by atoms with Gasteiger partial charge in [-0.3, -0.25) is 4.90 Å². The van der Waals surface area contributed by atoms with Gasteiger partial charge in [0.1, 0.15) is 0 Å². The van der Waals surface area contributed by atoms with Gasteiger partial charge < -0.3 is 14.8 Å². The second-order valence-electron chi connectivity index (χ2n) is 6.27. The topological polar surface area (TPSA) is 33.7 Å². The zero-order valence-corrected chi connectivity index (χ0v) is 14.4. The lowest BCUT2D eigenvalue weighted by Gasteiger charge is -2.36. The molecule has 4 nitrogen and oxygen atoms in total. The summed E-state index contributed by atoms with van der Waals surface area (Å²) in [5.74, 6) is 2.33. The molecule has 1 aromatic rings. The highest BCUT2D eigenvalue weighted by atomic mass is 16.5. The standard InChI is InChI=1S/C18H30N2O2/c1-5-22-18-13-15(6-7-17(18)21-4)16(12-14(2)3)20-10-8-19-9-11-20/h6-7,13-14,16,19H,5,8-12H2,1-4H3/t16-/m0/s1. The van der Waals surface area contributed by atoms with Crippen LogP contribution in [0, 0.1) is 5.92 Å². The highest BCUT2D eigenvalue weighted by Gasteiger charge is 2.24. The van der Waals surface area contributed by atoms with Gasteiger partial charge in [0.05, 0.1) is 13.7 Å². The van der Waals surface area contributed by atoms with E-state index >= 15 is 0 Å². The molecule has 124 valence electrons. The molecule has 4 heteroatoms. The summed E-state index contributed by atoms with van der Waals surface area (Å²) in [5.41, 5.74) is 1.33. The van der Waals surface area contributed by atoms with Crippen LogP contribution < -0.4 is 14.8 Å². The van der Waals surface area contributed by atoms with Crippen LogP contribution in [0.1, 0.15) is 38.8 Å². The first-order valence-electron chi connectivity index (χ1n) is 8.41. The Morgan fingerprint density at radius 3 is 2.50 bits per heavy atom. The molecule has 2 rings (SSSR count). The normalized spacial score (nSPS) is 17.5. The fourth-order valence-corrected chi connectivity index (χ4v) is 3.11. The van der Waals surface area contributed by atoms with Crippen molar-refractivity contribution in [3.05, 3.63) is 23.8 Å². The van der Waals surface area contributed by atoms with E-state index in [1.54, 1.807) is 7.11 Å². The van der Waals surface area contributed by atoms with E-state index in [1.165, 1.54) is 5.56 Å². The fourth-order valence-electron chi connectivity index (χ4n) is 3.11. The van der Waals surface area contributed by atoms with E-state index in [1.807, 2.05) is 13.0 Å². The number of benzene rings is 1. The second kappa shape index (κ2) is 8.39. The lowest BCUT2D eigenvalue weighted by Crippen LogP contribution is -2.45. The average molecular weight is 306 g/mol. The van der Waals surface area contributed by atoms with Gasteiger partial charge in [0, 0.05) is 32.2 Å². The highest BCUT2D eigenvalue weighted by Crippen LogP contribution is 2.35. The van der Waals surface area contributed by atoms with Crippen LogP contribution in [0.5, 0.6) is 11.5 Å². The monoisotopic (exact) mass is 306 g/mol. The molecule has 0 saturated carbocycles. The molecule has 1 saturated heterocycles. The number of nitrogens with one attached hydrogen (secondary N) is 1. The molecule has 1 atom stereocenters. The molecule has 1 aliphatic heterocycles. The first-order chi connectivity index (χ1) is 10.7. The lowest BCUT2D eigenvalue weighted by molar-refractivity contribution is 0.153. The third kappa shape index (κ3) is 4.37. The van der Waals surface area contributed by atoms with Gasteiger partial charge in [-0.1, -0.05) is 19.9 Å². The van der Waals surface area contributed by atoms with Crippen LogP contribution in [-0.2, 0) is 0 Å². The molecule has 0 radical (unpaired) electrons. The average Bonchev–Trinajstić information content (AvgIpc) is 2.53. The van der Waals surface area contributed by atoms with Gasteiger partial charge in [-0.15, -0.1) is 0 Å². The molecule has 1 N–H and O–H groups in total. The Hall–Kier alpha value is -1.26. The Balaban J connectivity index is 2.27. The van der Waals surface area contributed by atoms with Crippen molar-refractivity contribution < 1.29 is 9.47 Å². The van der Waals surface area contributed by atoms with Gasteiger partial charge in [0.25, 0.3) is 0 Å². The Morgan fingerprint density at radius 2 is 1.91 bits per heavy atom. The number of hydrogen-bond acceptors (Lipinski definition) is 4. The second-order valence-corrected chi connectivity index (χ2v) is 6.27. The van der Waals surface area contributed by atoms with Gasteiger partial charge in [0.15, 0.2) is 11.5 Å². The van der Waals surface area contributed by atoms with E-state index in [9.17, 15) is 0 Å². The van der Waals surface area contributed by atoms with Gasteiger partial charge in [0.2, 0.25) is 0 Å². The molecule has 1 aromatic carbocycles. The van der Waals surface area contributed by atoms with Crippen LogP contribution in [0.2, 0.25) is 0 Å². The maximum atomic E-state index is 5.76. The third-order valence-corrected chi connectivity index (χ3v) is 4.16. The van der Waals surface area contributed by atoms with Crippen molar-refractivity contribution in [2.75, 3.05) is 39.9 Å². The summed E-state index contributed by atoms with van der Waals surface area (Å²) in [7, 11) is 1.69. The summed E-state index contributed by atoms with van der Waals surface area (Å²) in [5, 5.41) is 3.44. The summed E-state index contributed by atoms with van der Waals surface area (Å²) in [6.45, 7) is 11.6. The number of methoxy groups -OCH3 is 1. The molecule has 0 spiro atoms. The van der Waals surface area contributed by atoms with Crippen LogP contribution in [-0.4, -0.2) is 44.8 Å². The van der Waals surface area contributed by atoms with Crippen molar-refractivity contribution in [3.8, 4) is 11.5 Å². The van der Waals surface area contributed by atoms with Crippen molar-refractivity contribution >= 4 is 0 Å². The molecule has 0 aromatic heterocycles. The number of hydrogen-bond donors (Lipinski definition) is 1. The van der Waals surface area contributed by atoms with Crippen LogP contribution in [0.25, 0.3) is 0 Å². The Morgan fingerprint density at radius 1 is 1.18 bits per heavy atom. The number of nitrogens with zero attached hydrogens (tertiary/aromatic N) is 1. The van der Waals surface area contributed by atoms with Crippen molar-refractivity contribution in [1.29, 1.82) is 0 Å². The maximum absolute atomic E-state index is 5.76. The molecule has 0 bridgehead atoms. The van der Waals surface area contributed by atoms with E-state index in [0.29, 0.717) is 18.6 Å². The Kier molecular flexibility index (Phi) is 6.52. The summed E-state index contributed by atoms with van der Waals surface area (Å²) < 4.78 is 11.2. The van der Waals surface area contributed by atoms with E-state index in [-0.39, 0.29) is 0 Å². The minimum absolute atomic E-state index is 0.451. The van der Waals surface area contributed by atoms with Gasteiger partial charge >= 0.3 is 0 Å². The van der Waals surface area contributed by atoms with Crippen molar-refractivity contribution in [1.82, 2.24) is 10.2 Å². The molecule has 1 fully saturated rings. The predicted octanol–water partition coefficient (Wildman–Crippen LogP) is 3.09. The van der Waals surface area contributed by atoms with Gasteiger partial charge in [-0.25, -0.2) is 0 Å². The minimum Gasteiger partial charge on any atom is -0.493 e. The van der Waals surface area contributed by atoms with Crippen molar-refractivity contribution in [2.45, 2.75) is 33.2 Å². The summed E-state index contributed by atoms with van der Waals surface area (Å²) in [6, 6.07) is 6.84. The molecular formula is C18H30N2O2. The third-order valence-electron chi connectivity index (χ3n) is 4.16. The van der Waals surface area contributed by atoms with Gasteiger partial charge in [-0.05, 0) is 37.0 Å².